The summed E-state index contributed by atoms with van der Waals surface area (Å²) >= 11 is 0. The average Bonchev–Trinajstić information content (AvgIpc) is 3.29. The maximum atomic E-state index is 9.40. The minimum Gasteiger partial charge on any atom is -0.300 e. The molecule has 3 nitrogen and oxygen atoms in total. The Morgan fingerprint density at radius 3 is 2.71 bits per heavy atom. The number of rotatable bonds is 9. The topological polar surface area (TPSA) is 39.1 Å². The molecule has 1 heterocycles. The van der Waals surface area contributed by atoms with Crippen molar-refractivity contribution in [2.45, 2.75) is 95.7 Å². The number of nitrogens with zero attached hydrogens (tertiary/aromatic N) is 2. The molecule has 0 aromatic rings. The lowest BCUT2D eigenvalue weighted by atomic mass is 9.95. The molecule has 2 atom stereocenters. The molecule has 21 heavy (non-hydrogen) atoms. The molecule has 1 saturated carbocycles. The molecule has 0 aromatic heterocycles. The van der Waals surface area contributed by atoms with Crippen LogP contribution in [0.2, 0.25) is 0 Å². The van der Waals surface area contributed by atoms with Crippen LogP contribution in [-0.4, -0.2) is 35.6 Å². The molecule has 1 saturated heterocycles. The van der Waals surface area contributed by atoms with Gasteiger partial charge in [-0.3, -0.25) is 5.32 Å². The van der Waals surface area contributed by atoms with E-state index < -0.39 is 0 Å². The Morgan fingerprint density at radius 1 is 1.24 bits per heavy atom. The van der Waals surface area contributed by atoms with E-state index in [-0.39, 0.29) is 5.54 Å². The third-order valence-electron chi connectivity index (χ3n) is 5.09. The number of hydrogen-bond acceptors (Lipinski definition) is 3. The Labute approximate surface area is 131 Å². The van der Waals surface area contributed by atoms with Crippen LogP contribution < -0.4 is 5.32 Å². The Kier molecular flexibility index (Phi) is 6.51. The van der Waals surface area contributed by atoms with Crippen LogP contribution in [0.5, 0.6) is 0 Å². The number of nitriles is 1. The number of likely N-dealkylation sites (tertiary alicyclic amines) is 1. The van der Waals surface area contributed by atoms with Crippen LogP contribution in [-0.2, 0) is 0 Å². The van der Waals surface area contributed by atoms with Crippen LogP contribution >= 0.6 is 0 Å². The van der Waals surface area contributed by atoms with Crippen LogP contribution in [0, 0.1) is 11.3 Å². The molecule has 1 aliphatic heterocycles. The molecule has 2 aliphatic rings. The molecular weight excluding hydrogens is 258 g/mol. The van der Waals surface area contributed by atoms with Gasteiger partial charge >= 0.3 is 0 Å². The summed E-state index contributed by atoms with van der Waals surface area (Å²) in [5.41, 5.74) is -0.300. The second-order valence-electron chi connectivity index (χ2n) is 7.29. The smallest absolute Gasteiger partial charge is 0.104 e. The summed E-state index contributed by atoms with van der Waals surface area (Å²) in [6.07, 6.45) is 12.8. The fourth-order valence-electron chi connectivity index (χ4n) is 3.65. The lowest BCUT2D eigenvalue weighted by Crippen LogP contribution is -2.43. The summed E-state index contributed by atoms with van der Waals surface area (Å²) in [6, 6.07) is 3.94. The zero-order valence-corrected chi connectivity index (χ0v) is 14.0. The van der Waals surface area contributed by atoms with Gasteiger partial charge in [0.2, 0.25) is 0 Å². The third-order valence-corrected chi connectivity index (χ3v) is 5.09. The van der Waals surface area contributed by atoms with Crippen molar-refractivity contribution in [3.05, 3.63) is 0 Å². The monoisotopic (exact) mass is 291 g/mol. The van der Waals surface area contributed by atoms with Gasteiger partial charge in [0.15, 0.2) is 0 Å². The van der Waals surface area contributed by atoms with Crippen molar-refractivity contribution in [2.24, 2.45) is 0 Å². The summed E-state index contributed by atoms with van der Waals surface area (Å²) in [6.45, 7) is 6.90. The standard InChI is InChI=1S/C18H33N3/c1-3-8-17-9-4-6-13-21(17)14-7-5-12-18(2,15-19)20-16-10-11-16/h16-17,20H,3-14H2,1-2H3. The van der Waals surface area contributed by atoms with Crippen molar-refractivity contribution in [1.29, 1.82) is 5.26 Å². The first kappa shape index (κ1) is 16.8. The van der Waals surface area contributed by atoms with Crippen molar-refractivity contribution in [1.82, 2.24) is 10.2 Å². The van der Waals surface area contributed by atoms with E-state index in [1.165, 1.54) is 70.9 Å². The first-order valence-corrected chi connectivity index (χ1v) is 9.10. The highest BCUT2D eigenvalue weighted by Crippen LogP contribution is 2.25. The van der Waals surface area contributed by atoms with Gasteiger partial charge in [0, 0.05) is 12.1 Å². The molecule has 0 radical (unpaired) electrons. The van der Waals surface area contributed by atoms with E-state index >= 15 is 0 Å². The van der Waals surface area contributed by atoms with Gasteiger partial charge in [0.25, 0.3) is 0 Å². The maximum absolute atomic E-state index is 9.40. The van der Waals surface area contributed by atoms with Crippen molar-refractivity contribution in [3.63, 3.8) is 0 Å². The second-order valence-corrected chi connectivity index (χ2v) is 7.29. The Hall–Kier alpha value is -0.590. The van der Waals surface area contributed by atoms with Crippen LogP contribution in [0.25, 0.3) is 0 Å². The van der Waals surface area contributed by atoms with Crippen LogP contribution in [0.15, 0.2) is 0 Å². The zero-order valence-electron chi connectivity index (χ0n) is 14.0. The fraction of sp³-hybridized carbons (Fsp3) is 0.944. The Bertz CT molecular complexity index is 343. The lowest BCUT2D eigenvalue weighted by molar-refractivity contribution is 0.136. The normalized spacial score (nSPS) is 26.2. The molecule has 2 fully saturated rings. The molecule has 3 heteroatoms. The summed E-state index contributed by atoms with van der Waals surface area (Å²) < 4.78 is 0. The predicted molar refractivity (Wildman–Crippen MR) is 88.1 cm³/mol. The quantitative estimate of drug-likeness (QED) is 0.656. The minimum absolute atomic E-state index is 0.300. The van der Waals surface area contributed by atoms with Crippen molar-refractivity contribution in [2.75, 3.05) is 13.1 Å². The molecule has 2 unspecified atom stereocenters. The van der Waals surface area contributed by atoms with E-state index in [0.717, 1.165) is 12.5 Å². The van der Waals surface area contributed by atoms with E-state index in [2.05, 4.69) is 30.1 Å². The summed E-state index contributed by atoms with van der Waals surface area (Å²) in [4.78, 5) is 2.71. The van der Waals surface area contributed by atoms with E-state index in [1.54, 1.807) is 0 Å². The molecule has 0 spiro atoms. The van der Waals surface area contributed by atoms with Gasteiger partial charge in [-0.2, -0.15) is 5.26 Å². The number of hydrogen-bond donors (Lipinski definition) is 1. The van der Waals surface area contributed by atoms with Crippen LogP contribution in [0.1, 0.15) is 78.1 Å². The van der Waals surface area contributed by atoms with E-state index in [1.807, 2.05) is 0 Å². The van der Waals surface area contributed by atoms with Crippen molar-refractivity contribution >= 4 is 0 Å². The van der Waals surface area contributed by atoms with Gasteiger partial charge in [-0.1, -0.05) is 19.8 Å². The molecule has 0 aromatic carbocycles. The van der Waals surface area contributed by atoms with Gasteiger partial charge < -0.3 is 4.90 Å². The second kappa shape index (κ2) is 8.15. The number of nitrogens with one attached hydrogen (secondary N) is 1. The van der Waals surface area contributed by atoms with Gasteiger partial charge in [0.1, 0.15) is 5.54 Å². The van der Waals surface area contributed by atoms with Crippen molar-refractivity contribution < 1.29 is 0 Å². The van der Waals surface area contributed by atoms with Gasteiger partial charge in [-0.25, -0.2) is 0 Å². The average molecular weight is 291 g/mol. The minimum atomic E-state index is -0.300. The molecule has 1 N–H and O–H groups in total. The van der Waals surface area contributed by atoms with E-state index in [4.69, 9.17) is 0 Å². The van der Waals surface area contributed by atoms with Crippen LogP contribution in [0.4, 0.5) is 0 Å². The summed E-state index contributed by atoms with van der Waals surface area (Å²) in [5, 5.41) is 12.9. The van der Waals surface area contributed by atoms with E-state index in [0.29, 0.717) is 6.04 Å². The molecule has 120 valence electrons. The SMILES string of the molecule is CCCC1CCCCN1CCCCC(C)(C#N)NC1CC1. The Balaban J connectivity index is 1.66. The first-order chi connectivity index (χ1) is 10.2. The van der Waals surface area contributed by atoms with Gasteiger partial charge in [-0.15, -0.1) is 0 Å². The molecule has 0 amide bonds. The maximum Gasteiger partial charge on any atom is 0.104 e. The van der Waals surface area contributed by atoms with Crippen molar-refractivity contribution in [3.8, 4) is 6.07 Å². The lowest BCUT2D eigenvalue weighted by Gasteiger charge is -2.36. The highest BCUT2D eigenvalue weighted by Gasteiger charge is 2.32. The van der Waals surface area contributed by atoms with E-state index in [9.17, 15) is 5.26 Å². The third kappa shape index (κ3) is 5.60. The highest BCUT2D eigenvalue weighted by atomic mass is 15.2. The molecule has 2 rings (SSSR count). The zero-order chi connectivity index (χ0) is 15.1. The Morgan fingerprint density at radius 2 is 2.05 bits per heavy atom. The highest BCUT2D eigenvalue weighted by molar-refractivity contribution is 5.06. The van der Waals surface area contributed by atoms with Crippen LogP contribution in [0.3, 0.4) is 0 Å². The fourth-order valence-corrected chi connectivity index (χ4v) is 3.65. The van der Waals surface area contributed by atoms with Gasteiger partial charge in [-0.05, 0) is 71.4 Å². The molecular formula is C18H33N3. The molecule has 1 aliphatic carbocycles. The predicted octanol–water partition coefficient (Wildman–Crippen LogP) is 3.85. The first-order valence-electron chi connectivity index (χ1n) is 9.10. The summed E-state index contributed by atoms with van der Waals surface area (Å²) in [5.74, 6) is 0. The number of unbranched alkanes of at least 4 members (excludes halogenated alkanes) is 1. The number of piperidine rings is 1. The largest absolute Gasteiger partial charge is 0.300 e. The van der Waals surface area contributed by atoms with Gasteiger partial charge in [0.05, 0.1) is 6.07 Å². The summed E-state index contributed by atoms with van der Waals surface area (Å²) in [7, 11) is 0. The molecule has 0 bridgehead atoms.